The molecule has 2 heterocycles. The summed E-state index contributed by atoms with van der Waals surface area (Å²) in [6, 6.07) is 57.9. The Balaban J connectivity index is 1.21. The molecule has 0 unspecified atom stereocenters. The lowest BCUT2D eigenvalue weighted by atomic mass is 10.0. The van der Waals surface area contributed by atoms with Gasteiger partial charge in [0.1, 0.15) is 0 Å². The quantitative estimate of drug-likeness (QED) is 0.199. The molecule has 45 heavy (non-hydrogen) atoms. The summed E-state index contributed by atoms with van der Waals surface area (Å²) in [6.07, 6.45) is 0.956. The third-order valence-electron chi connectivity index (χ3n) is 9.76. The molecule has 1 aliphatic rings. The van der Waals surface area contributed by atoms with Crippen molar-refractivity contribution in [2.45, 2.75) is 6.42 Å². The lowest BCUT2D eigenvalue weighted by molar-refractivity contribution is 1.12. The maximum atomic E-state index is 2.50. The molecule has 0 saturated heterocycles. The lowest BCUT2D eigenvalue weighted by Gasteiger charge is -2.14. The molecule has 0 bridgehead atoms. The molecule has 10 rings (SSSR count). The molecular formula is C43H28N2. The zero-order valence-corrected chi connectivity index (χ0v) is 24.6. The van der Waals surface area contributed by atoms with Crippen LogP contribution in [0.4, 0.5) is 0 Å². The van der Waals surface area contributed by atoms with E-state index in [2.05, 4.69) is 167 Å². The van der Waals surface area contributed by atoms with Gasteiger partial charge in [-0.05, 0) is 81.9 Å². The highest BCUT2D eigenvalue weighted by Crippen LogP contribution is 2.43. The molecule has 0 amide bonds. The highest BCUT2D eigenvalue weighted by molar-refractivity contribution is 6.12. The van der Waals surface area contributed by atoms with Crippen LogP contribution >= 0.6 is 0 Å². The van der Waals surface area contributed by atoms with Crippen LogP contribution in [0.2, 0.25) is 0 Å². The van der Waals surface area contributed by atoms with Gasteiger partial charge in [0, 0.05) is 33.7 Å². The second-order valence-corrected chi connectivity index (χ2v) is 12.1. The van der Waals surface area contributed by atoms with E-state index >= 15 is 0 Å². The van der Waals surface area contributed by atoms with Crippen molar-refractivity contribution in [3.8, 4) is 33.6 Å². The van der Waals surface area contributed by atoms with Gasteiger partial charge in [-0.3, -0.25) is 0 Å². The fourth-order valence-corrected chi connectivity index (χ4v) is 7.77. The van der Waals surface area contributed by atoms with Crippen molar-refractivity contribution < 1.29 is 0 Å². The summed E-state index contributed by atoms with van der Waals surface area (Å²) in [4.78, 5) is 0. The monoisotopic (exact) mass is 572 g/mol. The van der Waals surface area contributed by atoms with E-state index in [0.29, 0.717) is 0 Å². The number of rotatable bonds is 3. The SMILES string of the molecule is c1ccc(-n2c3ccccc3c3cc(-c4ccc5c6ccccc6n(-c6cccc7c6Cc6ccccc6-7)c5c4)ccc32)cc1. The molecule has 2 aromatic heterocycles. The molecular weight excluding hydrogens is 544 g/mol. The van der Waals surface area contributed by atoms with Crippen LogP contribution in [0.25, 0.3) is 77.2 Å². The predicted molar refractivity (Wildman–Crippen MR) is 189 cm³/mol. The number of hydrogen-bond acceptors (Lipinski definition) is 0. The van der Waals surface area contributed by atoms with E-state index in [0.717, 1.165) is 6.42 Å². The van der Waals surface area contributed by atoms with Crippen molar-refractivity contribution in [1.29, 1.82) is 0 Å². The summed E-state index contributed by atoms with van der Waals surface area (Å²) in [5, 5.41) is 5.11. The van der Waals surface area contributed by atoms with E-state index in [1.54, 1.807) is 0 Å². The zero-order chi connectivity index (χ0) is 29.5. The number of hydrogen-bond donors (Lipinski definition) is 0. The van der Waals surface area contributed by atoms with Crippen LogP contribution in [-0.2, 0) is 6.42 Å². The summed E-state index contributed by atoms with van der Waals surface area (Å²) < 4.78 is 4.88. The molecule has 9 aromatic rings. The van der Waals surface area contributed by atoms with Crippen LogP contribution in [0.3, 0.4) is 0 Å². The first kappa shape index (κ1) is 24.6. The van der Waals surface area contributed by atoms with Gasteiger partial charge in [0.25, 0.3) is 0 Å². The second kappa shape index (κ2) is 9.32. The first-order valence-electron chi connectivity index (χ1n) is 15.7. The van der Waals surface area contributed by atoms with Gasteiger partial charge in [-0.1, -0.05) is 109 Å². The van der Waals surface area contributed by atoms with Gasteiger partial charge in [0.05, 0.1) is 27.8 Å². The molecule has 0 saturated carbocycles. The Morgan fingerprint density at radius 1 is 0.378 bits per heavy atom. The Labute approximate surface area is 261 Å². The summed E-state index contributed by atoms with van der Waals surface area (Å²) in [6.45, 7) is 0. The molecule has 2 heteroatoms. The Bertz CT molecular complexity index is 2620. The lowest BCUT2D eigenvalue weighted by Crippen LogP contribution is -1.99. The largest absolute Gasteiger partial charge is 0.309 e. The minimum Gasteiger partial charge on any atom is -0.309 e. The minimum atomic E-state index is 0.956. The third-order valence-corrected chi connectivity index (χ3v) is 9.76. The van der Waals surface area contributed by atoms with E-state index < -0.39 is 0 Å². The minimum absolute atomic E-state index is 0.956. The van der Waals surface area contributed by atoms with Crippen molar-refractivity contribution >= 4 is 43.6 Å². The van der Waals surface area contributed by atoms with E-state index in [9.17, 15) is 0 Å². The number of nitrogens with zero attached hydrogens (tertiary/aromatic N) is 2. The predicted octanol–water partition coefficient (Wildman–Crippen LogP) is 11.1. The van der Waals surface area contributed by atoms with Crippen LogP contribution in [0.15, 0.2) is 158 Å². The number of aromatic nitrogens is 2. The van der Waals surface area contributed by atoms with Crippen molar-refractivity contribution in [2.75, 3.05) is 0 Å². The van der Waals surface area contributed by atoms with Crippen LogP contribution in [-0.4, -0.2) is 9.13 Å². The van der Waals surface area contributed by atoms with Crippen LogP contribution < -0.4 is 0 Å². The molecule has 0 atom stereocenters. The Morgan fingerprint density at radius 2 is 1.00 bits per heavy atom. The summed E-state index contributed by atoms with van der Waals surface area (Å²) in [5.74, 6) is 0. The smallest absolute Gasteiger partial charge is 0.0547 e. The molecule has 7 aromatic carbocycles. The average Bonchev–Trinajstić information content (AvgIpc) is 3.76. The van der Waals surface area contributed by atoms with Gasteiger partial charge in [0.2, 0.25) is 0 Å². The highest BCUT2D eigenvalue weighted by atomic mass is 15.0. The number of benzene rings is 7. The van der Waals surface area contributed by atoms with Crippen molar-refractivity contribution in [1.82, 2.24) is 9.13 Å². The van der Waals surface area contributed by atoms with E-state index in [-0.39, 0.29) is 0 Å². The standard InChI is InChI=1S/C43H28N2/c1-2-12-31(13-3-1)44-39-18-8-7-16-35(39)38-25-28(22-24-42(38)44)29-21-23-36-34-15-6-9-19-40(34)45(43(36)27-29)41-20-10-17-33-32-14-5-4-11-30(32)26-37(33)41/h1-25,27H,26H2. The summed E-state index contributed by atoms with van der Waals surface area (Å²) in [7, 11) is 0. The Kier molecular flexibility index (Phi) is 5.09. The highest BCUT2D eigenvalue weighted by Gasteiger charge is 2.23. The molecule has 210 valence electrons. The third kappa shape index (κ3) is 3.51. The van der Waals surface area contributed by atoms with Crippen LogP contribution in [0, 0.1) is 0 Å². The topological polar surface area (TPSA) is 9.86 Å². The Hall–Kier alpha value is -5.86. The fraction of sp³-hybridized carbons (Fsp3) is 0.0233. The van der Waals surface area contributed by atoms with Crippen molar-refractivity contribution in [2.24, 2.45) is 0 Å². The molecule has 2 nitrogen and oxygen atoms in total. The van der Waals surface area contributed by atoms with E-state index in [4.69, 9.17) is 0 Å². The van der Waals surface area contributed by atoms with Gasteiger partial charge in [-0.25, -0.2) is 0 Å². The maximum Gasteiger partial charge on any atom is 0.0547 e. The van der Waals surface area contributed by atoms with Crippen molar-refractivity contribution in [3.05, 3.63) is 169 Å². The molecule has 0 radical (unpaired) electrons. The normalized spacial score (nSPS) is 12.4. The fourth-order valence-electron chi connectivity index (χ4n) is 7.77. The van der Waals surface area contributed by atoms with E-state index in [1.165, 1.54) is 88.4 Å². The molecule has 0 spiro atoms. The first-order valence-corrected chi connectivity index (χ1v) is 15.7. The van der Waals surface area contributed by atoms with Gasteiger partial charge in [0.15, 0.2) is 0 Å². The number of fused-ring (bicyclic) bond motifs is 9. The molecule has 0 aliphatic heterocycles. The summed E-state index contributed by atoms with van der Waals surface area (Å²) in [5.41, 5.74) is 15.4. The molecule has 0 fully saturated rings. The first-order chi connectivity index (χ1) is 22.3. The van der Waals surface area contributed by atoms with Crippen LogP contribution in [0.5, 0.6) is 0 Å². The zero-order valence-electron chi connectivity index (χ0n) is 24.6. The van der Waals surface area contributed by atoms with Crippen LogP contribution in [0.1, 0.15) is 11.1 Å². The van der Waals surface area contributed by atoms with Gasteiger partial charge >= 0.3 is 0 Å². The van der Waals surface area contributed by atoms with Gasteiger partial charge in [-0.15, -0.1) is 0 Å². The van der Waals surface area contributed by atoms with Gasteiger partial charge < -0.3 is 9.13 Å². The Morgan fingerprint density at radius 3 is 1.87 bits per heavy atom. The second-order valence-electron chi connectivity index (χ2n) is 12.1. The maximum absolute atomic E-state index is 2.50. The van der Waals surface area contributed by atoms with Gasteiger partial charge in [-0.2, -0.15) is 0 Å². The van der Waals surface area contributed by atoms with E-state index in [1.807, 2.05) is 0 Å². The molecule has 0 N–H and O–H groups in total. The average molecular weight is 573 g/mol. The number of para-hydroxylation sites is 3. The van der Waals surface area contributed by atoms with Crippen molar-refractivity contribution in [3.63, 3.8) is 0 Å². The molecule has 1 aliphatic carbocycles. The summed E-state index contributed by atoms with van der Waals surface area (Å²) >= 11 is 0.